The predicted molar refractivity (Wildman–Crippen MR) is 91.8 cm³/mol. The largest absolute Gasteiger partial charge is 0.395 e. The number of hydrogen-bond acceptors (Lipinski definition) is 4. The van der Waals surface area contributed by atoms with Crippen molar-refractivity contribution in [1.29, 1.82) is 0 Å². The zero-order chi connectivity index (χ0) is 15.2. The van der Waals surface area contributed by atoms with Gasteiger partial charge in [-0.05, 0) is 32.1 Å². The van der Waals surface area contributed by atoms with Crippen molar-refractivity contribution in [2.24, 2.45) is 0 Å². The van der Waals surface area contributed by atoms with Gasteiger partial charge in [-0.2, -0.15) is 11.8 Å². The third-order valence-corrected chi connectivity index (χ3v) is 5.75. The highest BCUT2D eigenvalue weighted by atomic mass is 32.2. The molecule has 0 amide bonds. The third-order valence-electron chi connectivity index (χ3n) is 4.59. The minimum Gasteiger partial charge on any atom is -0.395 e. The minimum absolute atomic E-state index is 0.242. The van der Waals surface area contributed by atoms with E-state index >= 15 is 0 Å². The number of likely N-dealkylation sites (tertiary alicyclic amines) is 1. The van der Waals surface area contributed by atoms with Crippen molar-refractivity contribution >= 4 is 11.8 Å². The highest BCUT2D eigenvalue weighted by Gasteiger charge is 2.28. The van der Waals surface area contributed by atoms with Crippen molar-refractivity contribution in [3.63, 3.8) is 0 Å². The molecule has 1 aliphatic heterocycles. The zero-order valence-electron chi connectivity index (χ0n) is 13.3. The molecule has 0 unspecified atom stereocenters. The maximum absolute atomic E-state index is 9.39. The first kappa shape index (κ1) is 16.8. The number of thioether (sulfide) groups is 1. The first-order valence-electron chi connectivity index (χ1n) is 7.84. The van der Waals surface area contributed by atoms with Gasteiger partial charge in [0, 0.05) is 36.5 Å². The van der Waals surface area contributed by atoms with Crippen LogP contribution in [0.3, 0.4) is 0 Å². The van der Waals surface area contributed by atoms with Gasteiger partial charge in [-0.1, -0.05) is 30.3 Å². The maximum Gasteiger partial charge on any atom is 0.0564 e. The smallest absolute Gasteiger partial charge is 0.0564 e. The van der Waals surface area contributed by atoms with Gasteiger partial charge < -0.3 is 10.4 Å². The van der Waals surface area contributed by atoms with Gasteiger partial charge in [-0.25, -0.2) is 0 Å². The molecule has 3 nitrogen and oxygen atoms in total. The summed E-state index contributed by atoms with van der Waals surface area (Å²) >= 11 is 1.74. The Morgan fingerprint density at radius 1 is 1.33 bits per heavy atom. The fourth-order valence-corrected chi connectivity index (χ4v) is 3.77. The Morgan fingerprint density at radius 2 is 2.05 bits per heavy atom. The molecule has 21 heavy (non-hydrogen) atoms. The van der Waals surface area contributed by atoms with Crippen molar-refractivity contribution in [3.8, 4) is 0 Å². The number of benzene rings is 1. The highest BCUT2D eigenvalue weighted by Crippen LogP contribution is 2.25. The van der Waals surface area contributed by atoms with Crippen LogP contribution in [0, 0.1) is 0 Å². The molecule has 4 heteroatoms. The van der Waals surface area contributed by atoms with Crippen LogP contribution in [0.2, 0.25) is 0 Å². The molecule has 1 saturated heterocycles. The molecule has 1 aliphatic rings. The van der Waals surface area contributed by atoms with Crippen LogP contribution >= 0.6 is 11.8 Å². The van der Waals surface area contributed by atoms with E-state index in [-0.39, 0.29) is 11.9 Å². The Morgan fingerprint density at radius 3 is 2.67 bits per heavy atom. The van der Waals surface area contributed by atoms with E-state index in [1.807, 2.05) is 0 Å². The lowest BCUT2D eigenvalue weighted by atomic mass is 10.1. The van der Waals surface area contributed by atoms with Crippen LogP contribution < -0.4 is 5.32 Å². The summed E-state index contributed by atoms with van der Waals surface area (Å²) in [5.74, 6) is 0. The fourth-order valence-electron chi connectivity index (χ4n) is 3.13. The Kier molecular flexibility index (Phi) is 6.55. The van der Waals surface area contributed by atoms with Crippen LogP contribution in [-0.2, 0) is 0 Å². The molecule has 1 aromatic rings. The van der Waals surface area contributed by atoms with Gasteiger partial charge >= 0.3 is 0 Å². The van der Waals surface area contributed by atoms with Gasteiger partial charge in [0.05, 0.1) is 6.61 Å². The van der Waals surface area contributed by atoms with Crippen LogP contribution in [0.1, 0.15) is 31.9 Å². The molecule has 0 aromatic heterocycles. The Bertz CT molecular complexity index is 411. The van der Waals surface area contributed by atoms with Gasteiger partial charge in [0.15, 0.2) is 0 Å². The molecule has 0 bridgehead atoms. The van der Waals surface area contributed by atoms with Crippen molar-refractivity contribution in [1.82, 2.24) is 10.2 Å². The standard InChI is InChI=1S/C17H28N2OS/c1-13(17(12-20)21-3)18-16-9-10-19(11-16)14(2)15-7-5-4-6-8-15/h4-8,13-14,16-18,20H,9-12H2,1-3H3/t13-,14-,16-,17+/m0/s1. The molecule has 2 rings (SSSR count). The number of hydrogen-bond donors (Lipinski definition) is 2. The average molecular weight is 308 g/mol. The maximum atomic E-state index is 9.39. The summed E-state index contributed by atoms with van der Waals surface area (Å²) in [7, 11) is 0. The fraction of sp³-hybridized carbons (Fsp3) is 0.647. The molecular formula is C17H28N2OS. The Labute approximate surface area is 133 Å². The molecule has 1 fully saturated rings. The van der Waals surface area contributed by atoms with Gasteiger partial charge in [0.25, 0.3) is 0 Å². The normalized spacial score (nSPS) is 23.9. The van der Waals surface area contributed by atoms with Crippen LogP contribution in [0.15, 0.2) is 30.3 Å². The van der Waals surface area contributed by atoms with Crippen molar-refractivity contribution in [3.05, 3.63) is 35.9 Å². The van der Waals surface area contributed by atoms with E-state index in [4.69, 9.17) is 0 Å². The molecule has 0 saturated carbocycles. The van der Waals surface area contributed by atoms with Crippen LogP contribution in [0.25, 0.3) is 0 Å². The lowest BCUT2D eigenvalue weighted by molar-refractivity contribution is 0.246. The second-order valence-corrected chi connectivity index (χ2v) is 7.06. The van der Waals surface area contributed by atoms with Crippen LogP contribution in [-0.4, -0.2) is 53.3 Å². The summed E-state index contributed by atoms with van der Waals surface area (Å²) in [6.45, 7) is 6.95. The molecular weight excluding hydrogens is 280 g/mol. The van der Waals surface area contributed by atoms with Crippen LogP contribution in [0.4, 0.5) is 0 Å². The number of aliphatic hydroxyl groups excluding tert-OH is 1. The summed E-state index contributed by atoms with van der Waals surface area (Å²) in [5, 5.41) is 13.4. The Balaban J connectivity index is 1.86. The van der Waals surface area contributed by atoms with Crippen molar-refractivity contribution < 1.29 is 5.11 Å². The minimum atomic E-state index is 0.242. The molecule has 1 heterocycles. The summed E-state index contributed by atoms with van der Waals surface area (Å²) in [6.07, 6.45) is 3.26. The number of aliphatic hydroxyl groups is 1. The monoisotopic (exact) mass is 308 g/mol. The van der Waals surface area contributed by atoms with E-state index in [0.717, 1.165) is 13.1 Å². The van der Waals surface area contributed by atoms with E-state index in [9.17, 15) is 5.11 Å². The van der Waals surface area contributed by atoms with E-state index in [0.29, 0.717) is 18.1 Å². The van der Waals surface area contributed by atoms with Crippen molar-refractivity contribution in [2.75, 3.05) is 26.0 Å². The molecule has 4 atom stereocenters. The first-order chi connectivity index (χ1) is 10.2. The Hall–Kier alpha value is -0.550. The van der Waals surface area contributed by atoms with Gasteiger partial charge in [-0.15, -0.1) is 0 Å². The molecule has 1 aromatic carbocycles. The summed E-state index contributed by atoms with van der Waals surface area (Å²) in [5.41, 5.74) is 1.39. The second kappa shape index (κ2) is 8.18. The number of rotatable bonds is 7. The lowest BCUT2D eigenvalue weighted by Crippen LogP contribution is -2.44. The summed E-state index contributed by atoms with van der Waals surface area (Å²) in [4.78, 5) is 2.55. The van der Waals surface area contributed by atoms with Crippen molar-refractivity contribution in [2.45, 2.75) is 43.6 Å². The van der Waals surface area contributed by atoms with E-state index in [1.54, 1.807) is 11.8 Å². The SMILES string of the molecule is CS[C@H](CO)[C@H](C)N[C@H]1CCN([C@@H](C)c2ccccc2)C1. The third kappa shape index (κ3) is 4.46. The summed E-state index contributed by atoms with van der Waals surface area (Å²) < 4.78 is 0. The first-order valence-corrected chi connectivity index (χ1v) is 9.13. The zero-order valence-corrected chi connectivity index (χ0v) is 14.1. The van der Waals surface area contributed by atoms with E-state index in [1.165, 1.54) is 12.0 Å². The summed E-state index contributed by atoms with van der Waals surface area (Å²) in [6, 6.07) is 12.1. The number of nitrogens with zero attached hydrogens (tertiary/aromatic N) is 1. The quantitative estimate of drug-likeness (QED) is 0.811. The predicted octanol–water partition coefficient (Wildman–Crippen LogP) is 2.52. The average Bonchev–Trinajstić information content (AvgIpc) is 2.97. The molecule has 2 N–H and O–H groups in total. The van der Waals surface area contributed by atoms with E-state index < -0.39 is 0 Å². The van der Waals surface area contributed by atoms with E-state index in [2.05, 4.69) is 60.7 Å². The lowest BCUT2D eigenvalue weighted by Gasteiger charge is -2.27. The molecule has 0 radical (unpaired) electrons. The highest BCUT2D eigenvalue weighted by molar-refractivity contribution is 7.99. The molecule has 0 spiro atoms. The second-order valence-electron chi connectivity index (χ2n) is 5.98. The number of nitrogens with one attached hydrogen (secondary N) is 1. The van der Waals surface area contributed by atoms with Gasteiger partial charge in [-0.3, -0.25) is 4.90 Å². The topological polar surface area (TPSA) is 35.5 Å². The van der Waals surface area contributed by atoms with Crippen LogP contribution in [0.5, 0.6) is 0 Å². The molecule has 118 valence electrons. The van der Waals surface area contributed by atoms with Gasteiger partial charge in [0.2, 0.25) is 0 Å². The van der Waals surface area contributed by atoms with Gasteiger partial charge in [0.1, 0.15) is 0 Å². The molecule has 0 aliphatic carbocycles.